The smallest absolute Gasteiger partial charge is 0.310 e. The highest BCUT2D eigenvalue weighted by Crippen LogP contribution is 2.37. The molecule has 0 spiro atoms. The average molecular weight is 256 g/mol. The van der Waals surface area contributed by atoms with Crippen LogP contribution in [0.25, 0.3) is 0 Å². The molecule has 1 aliphatic carbocycles. The summed E-state index contributed by atoms with van der Waals surface area (Å²) in [5, 5.41) is 9.52. The van der Waals surface area contributed by atoms with Gasteiger partial charge in [0.1, 0.15) is 0 Å². The second kappa shape index (κ2) is 7.10. The van der Waals surface area contributed by atoms with Gasteiger partial charge in [0.25, 0.3) is 0 Å². The monoisotopic (exact) mass is 256 g/mol. The van der Waals surface area contributed by atoms with E-state index in [-0.39, 0.29) is 0 Å². The van der Waals surface area contributed by atoms with Crippen LogP contribution in [-0.4, -0.2) is 61.7 Å². The standard InChI is InChI=1S/C14H28N2O2/c1-15(2)10-7-11-16(3)12-14(13(17)18)8-5-4-6-9-14/h4-12H2,1-3H3,(H,17,18). The first-order valence-corrected chi connectivity index (χ1v) is 7.03. The molecule has 0 amide bonds. The van der Waals surface area contributed by atoms with Crippen molar-refractivity contribution in [2.75, 3.05) is 40.8 Å². The normalized spacial score (nSPS) is 19.4. The van der Waals surface area contributed by atoms with Crippen molar-refractivity contribution in [1.29, 1.82) is 0 Å². The molecular weight excluding hydrogens is 228 g/mol. The minimum atomic E-state index is -0.596. The lowest BCUT2D eigenvalue weighted by Crippen LogP contribution is -2.43. The van der Waals surface area contributed by atoms with Gasteiger partial charge in [-0.15, -0.1) is 0 Å². The highest BCUT2D eigenvalue weighted by atomic mass is 16.4. The van der Waals surface area contributed by atoms with Crippen molar-refractivity contribution in [2.24, 2.45) is 5.41 Å². The van der Waals surface area contributed by atoms with E-state index in [1.165, 1.54) is 6.42 Å². The van der Waals surface area contributed by atoms with E-state index in [4.69, 9.17) is 0 Å². The molecule has 0 radical (unpaired) electrons. The maximum absolute atomic E-state index is 11.6. The third-order valence-electron chi connectivity index (χ3n) is 3.98. The summed E-state index contributed by atoms with van der Waals surface area (Å²) in [7, 11) is 6.19. The number of hydrogen-bond acceptors (Lipinski definition) is 3. The van der Waals surface area contributed by atoms with Gasteiger partial charge in [-0.3, -0.25) is 4.79 Å². The minimum Gasteiger partial charge on any atom is -0.481 e. The zero-order valence-electron chi connectivity index (χ0n) is 12.1. The van der Waals surface area contributed by atoms with E-state index in [2.05, 4.69) is 30.9 Å². The van der Waals surface area contributed by atoms with Crippen molar-refractivity contribution < 1.29 is 9.90 Å². The summed E-state index contributed by atoms with van der Waals surface area (Å²) in [6, 6.07) is 0. The fourth-order valence-corrected chi connectivity index (χ4v) is 2.92. The molecule has 1 rings (SSSR count). The molecule has 0 unspecified atom stereocenters. The van der Waals surface area contributed by atoms with Gasteiger partial charge in [0.05, 0.1) is 5.41 Å². The topological polar surface area (TPSA) is 43.8 Å². The highest BCUT2D eigenvalue weighted by molar-refractivity contribution is 5.75. The second-order valence-corrected chi connectivity index (χ2v) is 6.04. The van der Waals surface area contributed by atoms with Gasteiger partial charge < -0.3 is 14.9 Å². The number of carboxylic acid groups (broad SMARTS) is 1. The van der Waals surface area contributed by atoms with Crippen LogP contribution in [0.2, 0.25) is 0 Å². The zero-order valence-corrected chi connectivity index (χ0v) is 12.1. The fourth-order valence-electron chi connectivity index (χ4n) is 2.92. The molecule has 0 aromatic heterocycles. The van der Waals surface area contributed by atoms with Crippen LogP contribution < -0.4 is 0 Å². The first-order valence-electron chi connectivity index (χ1n) is 7.03. The number of carboxylic acids is 1. The Labute approximate surface area is 111 Å². The van der Waals surface area contributed by atoms with Crippen LogP contribution in [0.5, 0.6) is 0 Å². The van der Waals surface area contributed by atoms with Crippen LogP contribution in [0.1, 0.15) is 38.5 Å². The molecule has 0 heterocycles. The van der Waals surface area contributed by atoms with Gasteiger partial charge in [-0.05, 0) is 53.5 Å². The van der Waals surface area contributed by atoms with Crippen molar-refractivity contribution in [1.82, 2.24) is 9.80 Å². The fraction of sp³-hybridized carbons (Fsp3) is 0.929. The molecule has 1 fully saturated rings. The van der Waals surface area contributed by atoms with Crippen LogP contribution in [0.4, 0.5) is 0 Å². The summed E-state index contributed by atoms with van der Waals surface area (Å²) in [6.07, 6.45) is 6.12. The third kappa shape index (κ3) is 4.58. The Kier molecular flexibility index (Phi) is 6.09. The molecule has 0 aliphatic heterocycles. The molecule has 1 aliphatic rings. The number of rotatable bonds is 7. The van der Waals surface area contributed by atoms with Gasteiger partial charge in [0, 0.05) is 6.54 Å². The van der Waals surface area contributed by atoms with E-state index >= 15 is 0 Å². The lowest BCUT2D eigenvalue weighted by molar-refractivity contribution is -0.152. The van der Waals surface area contributed by atoms with Crippen molar-refractivity contribution in [3.8, 4) is 0 Å². The quantitative estimate of drug-likeness (QED) is 0.755. The predicted molar refractivity (Wildman–Crippen MR) is 73.8 cm³/mol. The van der Waals surface area contributed by atoms with Crippen LogP contribution in [-0.2, 0) is 4.79 Å². The molecule has 0 aromatic rings. The number of carbonyl (C=O) groups is 1. The first kappa shape index (κ1) is 15.4. The van der Waals surface area contributed by atoms with E-state index in [0.717, 1.165) is 45.2 Å². The largest absolute Gasteiger partial charge is 0.481 e. The van der Waals surface area contributed by atoms with Crippen molar-refractivity contribution in [2.45, 2.75) is 38.5 Å². The van der Waals surface area contributed by atoms with Gasteiger partial charge in [-0.1, -0.05) is 19.3 Å². The molecule has 18 heavy (non-hydrogen) atoms. The third-order valence-corrected chi connectivity index (χ3v) is 3.98. The summed E-state index contributed by atoms with van der Waals surface area (Å²) >= 11 is 0. The Hall–Kier alpha value is -0.610. The molecule has 106 valence electrons. The predicted octanol–water partition coefficient (Wildman–Crippen LogP) is 1.90. The number of nitrogens with zero attached hydrogens (tertiary/aromatic N) is 2. The van der Waals surface area contributed by atoms with E-state index in [0.29, 0.717) is 6.54 Å². The first-order chi connectivity index (χ1) is 8.46. The van der Waals surface area contributed by atoms with Crippen LogP contribution in [0, 0.1) is 5.41 Å². The molecule has 1 N–H and O–H groups in total. The molecule has 4 heteroatoms. The summed E-state index contributed by atoms with van der Waals surface area (Å²) in [6.45, 7) is 2.74. The summed E-state index contributed by atoms with van der Waals surface area (Å²) in [4.78, 5) is 15.9. The van der Waals surface area contributed by atoms with Crippen LogP contribution in [0.3, 0.4) is 0 Å². The molecular formula is C14H28N2O2. The summed E-state index contributed by atoms with van der Waals surface area (Å²) in [5.74, 6) is -0.596. The molecule has 1 saturated carbocycles. The van der Waals surface area contributed by atoms with Crippen LogP contribution in [0.15, 0.2) is 0 Å². The molecule has 0 saturated heterocycles. The van der Waals surface area contributed by atoms with Crippen LogP contribution >= 0.6 is 0 Å². The average Bonchev–Trinajstić information content (AvgIpc) is 2.29. The van der Waals surface area contributed by atoms with E-state index in [9.17, 15) is 9.90 Å². The minimum absolute atomic E-state index is 0.481. The van der Waals surface area contributed by atoms with Gasteiger partial charge in [0.2, 0.25) is 0 Å². The van der Waals surface area contributed by atoms with Crippen molar-refractivity contribution in [3.63, 3.8) is 0 Å². The Morgan fingerprint density at radius 3 is 2.22 bits per heavy atom. The summed E-state index contributed by atoms with van der Waals surface area (Å²) in [5.41, 5.74) is -0.481. The maximum atomic E-state index is 11.6. The highest BCUT2D eigenvalue weighted by Gasteiger charge is 2.40. The Morgan fingerprint density at radius 1 is 1.11 bits per heavy atom. The second-order valence-electron chi connectivity index (χ2n) is 6.04. The van der Waals surface area contributed by atoms with Gasteiger partial charge in [0.15, 0.2) is 0 Å². The Bertz CT molecular complexity index is 261. The van der Waals surface area contributed by atoms with E-state index in [1.807, 2.05) is 0 Å². The Balaban J connectivity index is 2.43. The summed E-state index contributed by atoms with van der Waals surface area (Å²) < 4.78 is 0. The molecule has 4 nitrogen and oxygen atoms in total. The van der Waals surface area contributed by atoms with Gasteiger partial charge in [-0.25, -0.2) is 0 Å². The van der Waals surface area contributed by atoms with Crippen molar-refractivity contribution >= 4 is 5.97 Å². The van der Waals surface area contributed by atoms with Gasteiger partial charge >= 0.3 is 5.97 Å². The molecule has 0 bridgehead atoms. The van der Waals surface area contributed by atoms with Gasteiger partial charge in [-0.2, -0.15) is 0 Å². The van der Waals surface area contributed by atoms with E-state index in [1.54, 1.807) is 0 Å². The molecule has 0 aromatic carbocycles. The lowest BCUT2D eigenvalue weighted by Gasteiger charge is -2.36. The number of hydrogen-bond donors (Lipinski definition) is 1. The zero-order chi connectivity index (χ0) is 13.6. The lowest BCUT2D eigenvalue weighted by atomic mass is 9.73. The van der Waals surface area contributed by atoms with E-state index < -0.39 is 11.4 Å². The Morgan fingerprint density at radius 2 is 1.72 bits per heavy atom. The van der Waals surface area contributed by atoms with Crippen molar-refractivity contribution in [3.05, 3.63) is 0 Å². The maximum Gasteiger partial charge on any atom is 0.310 e. The molecule has 0 atom stereocenters. The SMILES string of the molecule is CN(C)CCCN(C)CC1(C(=O)O)CCCCC1. The number of aliphatic carboxylic acids is 1.